The molecule has 5 nitrogen and oxygen atoms in total. The van der Waals surface area contributed by atoms with Crippen LogP contribution >= 0.6 is 0 Å². The Labute approximate surface area is 124 Å². The first-order valence-electron chi connectivity index (χ1n) is 7.19. The third-order valence-corrected chi connectivity index (χ3v) is 3.88. The van der Waals surface area contributed by atoms with Gasteiger partial charge in [-0.05, 0) is 43.9 Å². The lowest BCUT2D eigenvalue weighted by Gasteiger charge is -2.34. The van der Waals surface area contributed by atoms with Crippen LogP contribution in [0.4, 0.5) is 0 Å². The van der Waals surface area contributed by atoms with Crippen LogP contribution in [-0.4, -0.2) is 35.7 Å². The zero-order valence-corrected chi connectivity index (χ0v) is 12.2. The second-order valence-electron chi connectivity index (χ2n) is 5.72. The molecule has 1 aliphatic heterocycles. The van der Waals surface area contributed by atoms with Crippen molar-refractivity contribution in [3.05, 3.63) is 35.4 Å². The van der Waals surface area contributed by atoms with E-state index in [0.29, 0.717) is 26.1 Å². The summed E-state index contributed by atoms with van der Waals surface area (Å²) in [5.74, 6) is -0.909. The number of amides is 1. The van der Waals surface area contributed by atoms with E-state index in [9.17, 15) is 9.59 Å². The molecule has 0 spiro atoms. The van der Waals surface area contributed by atoms with Crippen molar-refractivity contribution in [2.45, 2.75) is 38.1 Å². The van der Waals surface area contributed by atoms with E-state index in [1.54, 1.807) is 24.3 Å². The number of nitrogens with one attached hydrogen (secondary N) is 1. The molecule has 1 heterocycles. The van der Waals surface area contributed by atoms with Crippen LogP contribution in [0.15, 0.2) is 24.3 Å². The van der Waals surface area contributed by atoms with E-state index in [2.05, 4.69) is 12.2 Å². The second-order valence-corrected chi connectivity index (χ2v) is 5.72. The highest BCUT2D eigenvalue weighted by Crippen LogP contribution is 2.20. The van der Waals surface area contributed by atoms with Crippen LogP contribution in [0.2, 0.25) is 0 Å². The molecule has 114 valence electrons. The van der Waals surface area contributed by atoms with Crippen LogP contribution < -0.4 is 5.32 Å². The lowest BCUT2D eigenvalue weighted by Crippen LogP contribution is -2.49. The highest BCUT2D eigenvalue weighted by atomic mass is 16.5. The van der Waals surface area contributed by atoms with E-state index in [-0.39, 0.29) is 17.0 Å². The van der Waals surface area contributed by atoms with Crippen molar-refractivity contribution in [1.29, 1.82) is 0 Å². The van der Waals surface area contributed by atoms with Crippen LogP contribution in [0.1, 0.15) is 42.1 Å². The highest BCUT2D eigenvalue weighted by Gasteiger charge is 2.28. The molecular weight excluding hydrogens is 270 g/mol. The lowest BCUT2D eigenvalue weighted by molar-refractivity contribution is -0.123. The molecule has 2 N–H and O–H groups in total. The van der Waals surface area contributed by atoms with E-state index in [1.807, 2.05) is 0 Å². The van der Waals surface area contributed by atoms with Gasteiger partial charge in [0.15, 0.2) is 0 Å². The van der Waals surface area contributed by atoms with E-state index < -0.39 is 5.97 Å². The number of hydrogen-bond donors (Lipinski definition) is 2. The number of aromatic carboxylic acids is 1. The van der Waals surface area contributed by atoms with Crippen LogP contribution in [0.3, 0.4) is 0 Å². The van der Waals surface area contributed by atoms with Gasteiger partial charge in [-0.1, -0.05) is 12.1 Å². The van der Waals surface area contributed by atoms with Crippen LogP contribution in [0.25, 0.3) is 0 Å². The molecule has 2 rings (SSSR count). The largest absolute Gasteiger partial charge is 0.478 e. The Balaban J connectivity index is 1.82. The Morgan fingerprint density at radius 3 is 2.43 bits per heavy atom. The quantitative estimate of drug-likeness (QED) is 0.870. The predicted molar refractivity (Wildman–Crippen MR) is 78.3 cm³/mol. The van der Waals surface area contributed by atoms with Gasteiger partial charge in [0, 0.05) is 25.2 Å². The van der Waals surface area contributed by atoms with Gasteiger partial charge in [0.1, 0.15) is 0 Å². The Hall–Kier alpha value is -1.88. The van der Waals surface area contributed by atoms with Crippen LogP contribution in [0, 0.1) is 0 Å². The minimum absolute atomic E-state index is 0.0294. The summed E-state index contributed by atoms with van der Waals surface area (Å²) in [4.78, 5) is 22.8. The molecule has 0 bridgehead atoms. The molecule has 1 aliphatic rings. The number of aryl methyl sites for hydroxylation is 1. The summed E-state index contributed by atoms with van der Waals surface area (Å²) in [5.41, 5.74) is 1.06. The lowest BCUT2D eigenvalue weighted by atomic mass is 9.92. The third kappa shape index (κ3) is 4.56. The van der Waals surface area contributed by atoms with Crippen LogP contribution in [-0.2, 0) is 16.0 Å². The van der Waals surface area contributed by atoms with Crippen molar-refractivity contribution < 1.29 is 19.4 Å². The monoisotopic (exact) mass is 291 g/mol. The van der Waals surface area contributed by atoms with Gasteiger partial charge in [-0.2, -0.15) is 0 Å². The molecule has 1 aromatic rings. The molecule has 1 aromatic carbocycles. The highest BCUT2D eigenvalue weighted by molar-refractivity contribution is 5.87. The number of ether oxygens (including phenoxy) is 1. The number of carbonyl (C=O) groups is 2. The molecule has 0 saturated carbocycles. The molecule has 0 aliphatic carbocycles. The van der Waals surface area contributed by atoms with Gasteiger partial charge < -0.3 is 15.2 Å². The summed E-state index contributed by atoms with van der Waals surface area (Å²) in [7, 11) is 0. The van der Waals surface area contributed by atoms with E-state index in [1.165, 1.54) is 0 Å². The van der Waals surface area contributed by atoms with Gasteiger partial charge in [-0.25, -0.2) is 4.79 Å². The van der Waals surface area contributed by atoms with Gasteiger partial charge in [-0.15, -0.1) is 0 Å². The summed E-state index contributed by atoms with van der Waals surface area (Å²) in [5, 5.41) is 11.9. The first-order valence-corrected chi connectivity index (χ1v) is 7.19. The molecule has 5 heteroatoms. The van der Waals surface area contributed by atoms with E-state index >= 15 is 0 Å². The maximum absolute atomic E-state index is 12.0. The Kier molecular flexibility index (Phi) is 4.96. The zero-order valence-electron chi connectivity index (χ0n) is 12.2. The fraction of sp³-hybridized carbons (Fsp3) is 0.500. The summed E-state index contributed by atoms with van der Waals surface area (Å²) < 4.78 is 5.31. The summed E-state index contributed by atoms with van der Waals surface area (Å²) in [6.07, 6.45) is 2.69. The third-order valence-electron chi connectivity index (χ3n) is 3.88. The predicted octanol–water partition coefficient (Wildman–Crippen LogP) is 2.00. The standard InChI is InChI=1S/C16H21NO4/c1-16(8-10-21-11-9-16)17-14(18)7-4-12-2-5-13(6-3-12)15(19)20/h2-3,5-6H,4,7-11H2,1H3,(H,17,18)(H,19,20). The van der Waals surface area contributed by atoms with Crippen molar-refractivity contribution in [1.82, 2.24) is 5.32 Å². The fourth-order valence-corrected chi connectivity index (χ4v) is 2.42. The van der Waals surface area contributed by atoms with E-state index in [0.717, 1.165) is 18.4 Å². The van der Waals surface area contributed by atoms with E-state index in [4.69, 9.17) is 9.84 Å². The van der Waals surface area contributed by atoms with Crippen molar-refractivity contribution in [2.75, 3.05) is 13.2 Å². The number of carboxylic acid groups (broad SMARTS) is 1. The smallest absolute Gasteiger partial charge is 0.335 e. The number of carboxylic acids is 1. The summed E-state index contributed by atoms with van der Waals surface area (Å²) in [6.45, 7) is 3.43. The Morgan fingerprint density at radius 1 is 1.24 bits per heavy atom. The average Bonchev–Trinajstić information content (AvgIpc) is 2.46. The molecule has 0 atom stereocenters. The Bertz CT molecular complexity index is 504. The van der Waals surface area contributed by atoms with Gasteiger partial charge in [0.2, 0.25) is 5.91 Å². The second kappa shape index (κ2) is 6.72. The van der Waals surface area contributed by atoms with Crippen molar-refractivity contribution in [3.8, 4) is 0 Å². The minimum atomic E-state index is -0.938. The molecule has 21 heavy (non-hydrogen) atoms. The van der Waals surface area contributed by atoms with Gasteiger partial charge >= 0.3 is 5.97 Å². The van der Waals surface area contributed by atoms with Gasteiger partial charge in [0.05, 0.1) is 5.56 Å². The molecule has 0 radical (unpaired) electrons. The Morgan fingerprint density at radius 2 is 1.86 bits per heavy atom. The van der Waals surface area contributed by atoms with Gasteiger partial charge in [0.25, 0.3) is 0 Å². The molecule has 1 saturated heterocycles. The minimum Gasteiger partial charge on any atom is -0.478 e. The molecule has 1 amide bonds. The van der Waals surface area contributed by atoms with Crippen molar-refractivity contribution in [2.24, 2.45) is 0 Å². The molecule has 1 fully saturated rings. The molecule has 0 aromatic heterocycles. The van der Waals surface area contributed by atoms with Crippen molar-refractivity contribution >= 4 is 11.9 Å². The first kappa shape index (κ1) is 15.5. The maximum Gasteiger partial charge on any atom is 0.335 e. The SMILES string of the molecule is CC1(NC(=O)CCc2ccc(C(=O)O)cc2)CCOCC1. The summed E-state index contributed by atoms with van der Waals surface area (Å²) >= 11 is 0. The van der Waals surface area contributed by atoms with Crippen LogP contribution in [0.5, 0.6) is 0 Å². The summed E-state index contributed by atoms with van der Waals surface area (Å²) in [6, 6.07) is 6.64. The van der Waals surface area contributed by atoms with Crippen molar-refractivity contribution in [3.63, 3.8) is 0 Å². The zero-order chi connectivity index (χ0) is 15.3. The van der Waals surface area contributed by atoms with Gasteiger partial charge in [-0.3, -0.25) is 4.79 Å². The number of hydrogen-bond acceptors (Lipinski definition) is 3. The fourth-order valence-electron chi connectivity index (χ4n) is 2.42. The topological polar surface area (TPSA) is 75.6 Å². The normalized spacial score (nSPS) is 17.2. The average molecular weight is 291 g/mol. The first-order chi connectivity index (χ1) is 9.98. The number of benzene rings is 1. The maximum atomic E-state index is 12.0. The molecular formula is C16H21NO4. The number of carbonyl (C=O) groups excluding carboxylic acids is 1. The number of rotatable bonds is 5. The molecule has 0 unspecified atom stereocenters.